The van der Waals surface area contributed by atoms with E-state index in [4.69, 9.17) is 16.3 Å². The zero-order chi connectivity index (χ0) is 24.0. The van der Waals surface area contributed by atoms with E-state index < -0.39 is 21.9 Å². The van der Waals surface area contributed by atoms with E-state index in [2.05, 4.69) is 0 Å². The number of carbonyl (C=O) groups excluding carboxylic acids is 2. The first-order chi connectivity index (χ1) is 15.7. The van der Waals surface area contributed by atoms with Gasteiger partial charge >= 0.3 is 5.97 Å². The molecule has 0 N–H and O–H groups in total. The van der Waals surface area contributed by atoms with Crippen LogP contribution in [0.2, 0.25) is 5.02 Å². The molecule has 0 saturated heterocycles. The molecule has 33 heavy (non-hydrogen) atoms. The van der Waals surface area contributed by atoms with Crippen molar-refractivity contribution in [3.63, 3.8) is 0 Å². The maximum absolute atomic E-state index is 13.1. The van der Waals surface area contributed by atoms with Crippen molar-refractivity contribution < 1.29 is 22.7 Å². The molecule has 178 valence electrons. The lowest BCUT2D eigenvalue weighted by atomic mass is 9.96. The van der Waals surface area contributed by atoms with E-state index in [-0.39, 0.29) is 29.6 Å². The number of ether oxygens (including phenoxy) is 1. The molecule has 1 amide bonds. The van der Waals surface area contributed by atoms with Gasteiger partial charge in [0, 0.05) is 30.2 Å². The van der Waals surface area contributed by atoms with Crippen molar-refractivity contribution in [2.75, 3.05) is 20.7 Å². The topological polar surface area (TPSA) is 84.0 Å². The molecule has 0 atom stereocenters. The van der Waals surface area contributed by atoms with E-state index in [0.29, 0.717) is 5.02 Å². The third kappa shape index (κ3) is 6.34. The number of hydrogen-bond acceptors (Lipinski definition) is 5. The van der Waals surface area contributed by atoms with Crippen molar-refractivity contribution in [2.45, 2.75) is 49.6 Å². The molecule has 9 heteroatoms. The molecule has 1 aliphatic carbocycles. The fourth-order valence-corrected chi connectivity index (χ4v) is 5.53. The van der Waals surface area contributed by atoms with Crippen molar-refractivity contribution in [1.29, 1.82) is 0 Å². The molecule has 0 unspecified atom stereocenters. The molecule has 1 fully saturated rings. The van der Waals surface area contributed by atoms with Crippen LogP contribution in [0, 0.1) is 0 Å². The van der Waals surface area contributed by atoms with Gasteiger partial charge in [-0.05, 0) is 54.8 Å². The van der Waals surface area contributed by atoms with Gasteiger partial charge in [0.05, 0.1) is 12.0 Å². The summed E-state index contributed by atoms with van der Waals surface area (Å²) in [5.41, 5.74) is 1.08. The number of esters is 1. The van der Waals surface area contributed by atoms with Crippen molar-refractivity contribution in [3.8, 4) is 0 Å². The molecule has 1 aliphatic rings. The molecule has 0 aromatic heterocycles. The smallest absolute Gasteiger partial charge is 0.325 e. The first kappa shape index (κ1) is 25.2. The largest absolute Gasteiger partial charge is 0.468 e. The number of hydrogen-bond donors (Lipinski definition) is 0. The molecule has 0 radical (unpaired) electrons. The van der Waals surface area contributed by atoms with Gasteiger partial charge in [0.15, 0.2) is 0 Å². The van der Waals surface area contributed by atoms with Crippen LogP contribution >= 0.6 is 11.6 Å². The minimum atomic E-state index is -3.66. The van der Waals surface area contributed by atoms with Crippen LogP contribution < -0.4 is 0 Å². The molecule has 2 aromatic rings. The Morgan fingerprint density at radius 2 is 1.61 bits per heavy atom. The second-order valence-electron chi connectivity index (χ2n) is 8.20. The number of nitrogens with zero attached hydrogens (tertiary/aromatic N) is 2. The maximum atomic E-state index is 13.1. The molecular weight excluding hydrogens is 464 g/mol. The van der Waals surface area contributed by atoms with Crippen LogP contribution in [0.1, 0.15) is 48.0 Å². The predicted octanol–water partition coefficient (Wildman–Crippen LogP) is 4.11. The Kier molecular flexibility index (Phi) is 8.51. The average molecular weight is 493 g/mol. The van der Waals surface area contributed by atoms with E-state index in [1.807, 2.05) is 0 Å². The second-order valence-corrected chi connectivity index (χ2v) is 10.6. The molecule has 0 aliphatic heterocycles. The molecule has 0 bridgehead atoms. The highest BCUT2D eigenvalue weighted by atomic mass is 35.5. The first-order valence-electron chi connectivity index (χ1n) is 10.9. The van der Waals surface area contributed by atoms with Gasteiger partial charge in [-0.2, -0.15) is 4.31 Å². The van der Waals surface area contributed by atoms with Gasteiger partial charge in [-0.25, -0.2) is 8.42 Å². The maximum Gasteiger partial charge on any atom is 0.325 e. The van der Waals surface area contributed by atoms with Gasteiger partial charge in [0.25, 0.3) is 5.91 Å². The summed E-state index contributed by atoms with van der Waals surface area (Å²) >= 11 is 5.93. The molecule has 3 rings (SSSR count). The summed E-state index contributed by atoms with van der Waals surface area (Å²) in [6.45, 7) is -0.0575. The van der Waals surface area contributed by atoms with E-state index in [1.54, 1.807) is 31.3 Å². The summed E-state index contributed by atoms with van der Waals surface area (Å²) in [6, 6.07) is 12.8. The lowest BCUT2D eigenvalue weighted by Gasteiger charge is -2.30. The van der Waals surface area contributed by atoms with Gasteiger partial charge in [-0.15, -0.1) is 0 Å². The zero-order valence-corrected chi connectivity index (χ0v) is 20.4. The highest BCUT2D eigenvalue weighted by molar-refractivity contribution is 7.89. The fourth-order valence-electron chi connectivity index (χ4n) is 3.99. The van der Waals surface area contributed by atoms with Gasteiger partial charge in [-0.1, -0.05) is 43.0 Å². The highest BCUT2D eigenvalue weighted by Gasteiger charge is 2.29. The SMILES string of the molecule is COC(=O)CN(Cc1ccc(Cl)cc1)C(=O)c1ccc(S(=O)(=O)N(C)C2CCCCC2)cc1. The Balaban J connectivity index is 1.79. The van der Waals surface area contributed by atoms with Crippen molar-refractivity contribution in [2.24, 2.45) is 0 Å². The first-order valence-corrected chi connectivity index (χ1v) is 12.7. The van der Waals surface area contributed by atoms with Crippen LogP contribution in [0.3, 0.4) is 0 Å². The summed E-state index contributed by atoms with van der Waals surface area (Å²) in [7, 11) is -0.776. The van der Waals surface area contributed by atoms with Crippen LogP contribution in [0.5, 0.6) is 0 Å². The van der Waals surface area contributed by atoms with E-state index in [9.17, 15) is 18.0 Å². The van der Waals surface area contributed by atoms with Crippen molar-refractivity contribution >= 4 is 33.5 Å². The summed E-state index contributed by atoms with van der Waals surface area (Å²) in [6.07, 6.45) is 4.92. The molecule has 1 saturated carbocycles. The lowest BCUT2D eigenvalue weighted by Crippen LogP contribution is -2.38. The Hall–Kier alpha value is -2.42. The highest BCUT2D eigenvalue weighted by Crippen LogP contribution is 2.26. The number of amides is 1. The third-order valence-electron chi connectivity index (χ3n) is 5.99. The van der Waals surface area contributed by atoms with Crippen molar-refractivity contribution in [1.82, 2.24) is 9.21 Å². The summed E-state index contributed by atoms with van der Waals surface area (Å²) in [5, 5.41) is 0.569. The van der Waals surface area contributed by atoms with Crippen molar-refractivity contribution in [3.05, 3.63) is 64.7 Å². The number of methoxy groups -OCH3 is 1. The van der Waals surface area contributed by atoms with Gasteiger partial charge in [0.1, 0.15) is 6.54 Å². The number of carbonyl (C=O) groups is 2. The fraction of sp³-hybridized carbons (Fsp3) is 0.417. The Labute approximate surface area is 200 Å². The molecule has 0 spiro atoms. The molecule has 0 heterocycles. The molecular formula is C24H29ClN2O5S. The molecule has 7 nitrogen and oxygen atoms in total. The number of halogens is 1. The van der Waals surface area contributed by atoms with Gasteiger partial charge < -0.3 is 9.64 Å². The second kappa shape index (κ2) is 11.1. The monoisotopic (exact) mass is 492 g/mol. The lowest BCUT2D eigenvalue weighted by molar-refractivity contribution is -0.141. The van der Waals surface area contributed by atoms with Crippen LogP contribution in [0.4, 0.5) is 0 Å². The van der Waals surface area contributed by atoms with E-state index in [1.165, 1.54) is 40.6 Å². The number of benzene rings is 2. The zero-order valence-electron chi connectivity index (χ0n) is 18.9. The standard InChI is InChI=1S/C24H29ClN2O5S/c1-26(21-6-4-3-5-7-21)33(30,31)22-14-10-19(11-15-22)24(29)27(17-23(28)32-2)16-18-8-12-20(25)13-9-18/h8-15,21H,3-7,16-17H2,1-2H3. The van der Waals surface area contributed by atoms with Crippen LogP contribution in [-0.2, 0) is 26.1 Å². The van der Waals surface area contributed by atoms with E-state index in [0.717, 1.165) is 37.7 Å². The Bertz CT molecular complexity index is 1070. The van der Waals surface area contributed by atoms with Gasteiger partial charge in [0.2, 0.25) is 10.0 Å². The number of rotatable bonds is 8. The summed E-state index contributed by atoms with van der Waals surface area (Å²) in [4.78, 5) is 26.5. The third-order valence-corrected chi connectivity index (χ3v) is 8.16. The minimum absolute atomic E-state index is 0.0000166. The quantitative estimate of drug-likeness (QED) is 0.518. The average Bonchev–Trinajstić information content (AvgIpc) is 2.84. The normalized spacial score (nSPS) is 14.8. The van der Waals surface area contributed by atoms with Crippen LogP contribution in [0.15, 0.2) is 53.4 Å². The van der Waals surface area contributed by atoms with Crippen LogP contribution in [0.25, 0.3) is 0 Å². The van der Waals surface area contributed by atoms with Gasteiger partial charge in [-0.3, -0.25) is 9.59 Å². The van der Waals surface area contributed by atoms with Crippen LogP contribution in [-0.4, -0.2) is 56.2 Å². The summed E-state index contributed by atoms with van der Waals surface area (Å²) < 4.78 is 32.3. The number of sulfonamides is 1. The predicted molar refractivity (Wildman–Crippen MR) is 126 cm³/mol. The van der Waals surface area contributed by atoms with E-state index >= 15 is 0 Å². The Morgan fingerprint density at radius 3 is 2.18 bits per heavy atom. The Morgan fingerprint density at radius 1 is 1.00 bits per heavy atom. The molecule has 2 aromatic carbocycles. The summed E-state index contributed by atoms with van der Waals surface area (Å²) in [5.74, 6) is -0.953. The minimum Gasteiger partial charge on any atom is -0.468 e.